The number of fused-ring (bicyclic) bond motifs is 1. The lowest BCUT2D eigenvalue weighted by molar-refractivity contribution is 0.607. The molecule has 3 aromatic rings. The van der Waals surface area contributed by atoms with E-state index in [4.69, 9.17) is 0 Å². The zero-order chi connectivity index (χ0) is 16.7. The van der Waals surface area contributed by atoms with Crippen LogP contribution in [0, 0.1) is 10.5 Å². The summed E-state index contributed by atoms with van der Waals surface area (Å²) in [6.45, 7) is 4.98. The first-order valence-electron chi connectivity index (χ1n) is 7.84. The molecule has 0 saturated carbocycles. The van der Waals surface area contributed by atoms with E-state index in [1.54, 1.807) is 6.33 Å². The van der Waals surface area contributed by atoms with Gasteiger partial charge in [-0.15, -0.1) is 0 Å². The van der Waals surface area contributed by atoms with E-state index in [1.807, 2.05) is 16.3 Å². The molecule has 0 amide bonds. The van der Waals surface area contributed by atoms with E-state index in [2.05, 4.69) is 86.6 Å². The number of anilines is 1. The van der Waals surface area contributed by atoms with E-state index in [9.17, 15) is 0 Å². The summed E-state index contributed by atoms with van der Waals surface area (Å²) in [5, 5.41) is 12.3. The molecule has 0 saturated heterocycles. The number of nitrogens with one attached hydrogen (secondary N) is 1. The van der Waals surface area contributed by atoms with E-state index in [0.29, 0.717) is 0 Å². The first-order valence-corrected chi connectivity index (χ1v) is 8.92. The number of halogens is 1. The summed E-state index contributed by atoms with van der Waals surface area (Å²) in [5.41, 5.74) is 4.34. The Kier molecular flexibility index (Phi) is 3.87. The van der Waals surface area contributed by atoms with Crippen LogP contribution in [0.25, 0.3) is 5.70 Å². The molecular formula is C17H17IN6. The van der Waals surface area contributed by atoms with E-state index >= 15 is 0 Å². The van der Waals surface area contributed by atoms with Crippen LogP contribution in [0.5, 0.6) is 0 Å². The Labute approximate surface area is 153 Å². The molecule has 1 N–H and O–H groups in total. The summed E-state index contributed by atoms with van der Waals surface area (Å²) in [4.78, 5) is 4.35. The summed E-state index contributed by atoms with van der Waals surface area (Å²) < 4.78 is 5.08. The van der Waals surface area contributed by atoms with Crippen molar-refractivity contribution in [2.24, 2.45) is 0 Å². The van der Waals surface area contributed by atoms with Gasteiger partial charge in [0, 0.05) is 27.6 Å². The lowest BCUT2D eigenvalue weighted by Crippen LogP contribution is -2.20. The maximum Gasteiger partial charge on any atom is 0.226 e. The van der Waals surface area contributed by atoms with Crippen molar-refractivity contribution in [3.8, 4) is 0 Å². The van der Waals surface area contributed by atoms with E-state index in [1.165, 1.54) is 3.57 Å². The van der Waals surface area contributed by atoms with Crippen molar-refractivity contribution in [1.82, 2.24) is 24.5 Å². The van der Waals surface area contributed by atoms with Crippen molar-refractivity contribution in [3.63, 3.8) is 0 Å². The van der Waals surface area contributed by atoms with Crippen LogP contribution in [0.2, 0.25) is 0 Å². The van der Waals surface area contributed by atoms with Crippen LogP contribution in [0.4, 0.5) is 5.95 Å². The lowest BCUT2D eigenvalue weighted by Gasteiger charge is -2.24. The van der Waals surface area contributed by atoms with Gasteiger partial charge in [0.25, 0.3) is 0 Å². The molecule has 6 nitrogen and oxygen atoms in total. The van der Waals surface area contributed by atoms with Crippen LogP contribution < -0.4 is 5.32 Å². The molecule has 3 heterocycles. The minimum Gasteiger partial charge on any atom is -0.324 e. The van der Waals surface area contributed by atoms with Crippen molar-refractivity contribution in [2.75, 3.05) is 5.32 Å². The minimum absolute atomic E-state index is 0.0154. The summed E-state index contributed by atoms with van der Waals surface area (Å²) in [6, 6.07) is 8.43. The lowest BCUT2D eigenvalue weighted by atomic mass is 10.0. The van der Waals surface area contributed by atoms with Crippen LogP contribution in [0.3, 0.4) is 0 Å². The third kappa shape index (κ3) is 2.62. The summed E-state index contributed by atoms with van der Waals surface area (Å²) >= 11 is 2.31. The number of hydrogen-bond acceptors (Lipinski definition) is 4. The van der Waals surface area contributed by atoms with Gasteiger partial charge in [-0.25, -0.2) is 4.68 Å². The number of rotatable bonds is 3. The van der Waals surface area contributed by atoms with Gasteiger partial charge in [0.05, 0.1) is 5.69 Å². The Morgan fingerprint density at radius 3 is 2.75 bits per heavy atom. The Bertz CT molecular complexity index is 906. The normalized spacial score (nSPS) is 16.5. The van der Waals surface area contributed by atoms with Gasteiger partial charge < -0.3 is 5.32 Å². The van der Waals surface area contributed by atoms with Crippen molar-refractivity contribution >= 4 is 34.2 Å². The van der Waals surface area contributed by atoms with E-state index in [-0.39, 0.29) is 6.04 Å². The monoisotopic (exact) mass is 432 g/mol. The standard InChI is InChI=1S/C17H17IN6/c1-3-23-9-14(11(2)22-23)16-8-15(12-4-6-13(18)7-5-12)21-17-19-10-20-24(16)17/h4-10,16H,3H2,1-2H3,(H,19,20,21)/t16-/m0/s1. The molecule has 0 bridgehead atoms. The fraction of sp³-hybridized carbons (Fsp3) is 0.235. The molecule has 0 spiro atoms. The molecule has 0 unspecified atom stereocenters. The Hall–Kier alpha value is -2.16. The summed E-state index contributed by atoms with van der Waals surface area (Å²) in [6.07, 6.45) is 5.87. The van der Waals surface area contributed by atoms with Gasteiger partial charge in [-0.1, -0.05) is 12.1 Å². The molecule has 122 valence electrons. The molecule has 1 aliphatic heterocycles. The Balaban J connectivity index is 1.81. The average molecular weight is 432 g/mol. The fourth-order valence-corrected chi connectivity index (χ4v) is 3.30. The van der Waals surface area contributed by atoms with Gasteiger partial charge in [-0.3, -0.25) is 4.68 Å². The zero-order valence-electron chi connectivity index (χ0n) is 13.4. The zero-order valence-corrected chi connectivity index (χ0v) is 15.6. The van der Waals surface area contributed by atoms with Crippen LogP contribution in [0.15, 0.2) is 42.9 Å². The van der Waals surface area contributed by atoms with Crippen molar-refractivity contribution in [3.05, 3.63) is 63.3 Å². The van der Waals surface area contributed by atoms with Gasteiger partial charge >= 0.3 is 0 Å². The van der Waals surface area contributed by atoms with Gasteiger partial charge in [0.2, 0.25) is 5.95 Å². The van der Waals surface area contributed by atoms with Gasteiger partial charge in [-0.2, -0.15) is 15.2 Å². The Morgan fingerprint density at radius 2 is 2.04 bits per heavy atom. The SMILES string of the molecule is CCn1cc([C@@H]2C=C(c3ccc(I)cc3)Nc3ncnn32)c(C)n1. The molecule has 7 heteroatoms. The number of benzene rings is 1. The predicted octanol–water partition coefficient (Wildman–Crippen LogP) is 3.46. The highest BCUT2D eigenvalue weighted by atomic mass is 127. The van der Waals surface area contributed by atoms with Crippen LogP contribution >= 0.6 is 22.6 Å². The van der Waals surface area contributed by atoms with E-state index in [0.717, 1.165) is 35.0 Å². The first-order chi connectivity index (χ1) is 11.7. The maximum atomic E-state index is 4.58. The maximum absolute atomic E-state index is 4.58. The second-order valence-electron chi connectivity index (χ2n) is 5.71. The molecular weight excluding hydrogens is 415 g/mol. The number of nitrogens with zero attached hydrogens (tertiary/aromatic N) is 5. The number of allylic oxidation sites excluding steroid dienone is 1. The van der Waals surface area contributed by atoms with Crippen molar-refractivity contribution in [1.29, 1.82) is 0 Å². The highest BCUT2D eigenvalue weighted by molar-refractivity contribution is 14.1. The highest BCUT2D eigenvalue weighted by Crippen LogP contribution is 2.33. The largest absolute Gasteiger partial charge is 0.324 e. The van der Waals surface area contributed by atoms with Crippen molar-refractivity contribution < 1.29 is 0 Å². The third-order valence-electron chi connectivity index (χ3n) is 4.19. The molecule has 1 aromatic carbocycles. The van der Waals surface area contributed by atoms with Gasteiger partial charge in [-0.05, 0) is 60.2 Å². The molecule has 4 rings (SSSR count). The highest BCUT2D eigenvalue weighted by Gasteiger charge is 2.26. The van der Waals surface area contributed by atoms with E-state index < -0.39 is 0 Å². The number of aryl methyl sites for hydroxylation is 2. The minimum atomic E-state index is -0.0154. The predicted molar refractivity (Wildman–Crippen MR) is 102 cm³/mol. The first kappa shape index (κ1) is 15.4. The van der Waals surface area contributed by atoms with Crippen LogP contribution in [0.1, 0.15) is 29.8 Å². The molecule has 1 aliphatic rings. The molecule has 0 radical (unpaired) electrons. The topological polar surface area (TPSA) is 60.6 Å². The quantitative estimate of drug-likeness (QED) is 0.645. The molecule has 0 fully saturated rings. The van der Waals surface area contributed by atoms with Crippen LogP contribution in [-0.4, -0.2) is 24.5 Å². The van der Waals surface area contributed by atoms with Gasteiger partial charge in [0.1, 0.15) is 12.4 Å². The smallest absolute Gasteiger partial charge is 0.226 e. The average Bonchev–Trinajstić information content (AvgIpc) is 3.20. The second kappa shape index (κ2) is 6.04. The third-order valence-corrected chi connectivity index (χ3v) is 4.91. The molecule has 1 atom stereocenters. The number of hydrogen-bond donors (Lipinski definition) is 1. The second-order valence-corrected chi connectivity index (χ2v) is 6.96. The molecule has 2 aromatic heterocycles. The summed E-state index contributed by atoms with van der Waals surface area (Å²) in [5.74, 6) is 0.750. The fourth-order valence-electron chi connectivity index (χ4n) is 2.94. The van der Waals surface area contributed by atoms with Crippen LogP contribution in [-0.2, 0) is 6.54 Å². The molecule has 24 heavy (non-hydrogen) atoms. The Morgan fingerprint density at radius 1 is 1.25 bits per heavy atom. The van der Waals surface area contributed by atoms with Gasteiger partial charge in [0.15, 0.2) is 0 Å². The van der Waals surface area contributed by atoms with Crippen molar-refractivity contribution in [2.45, 2.75) is 26.4 Å². The summed E-state index contributed by atoms with van der Waals surface area (Å²) in [7, 11) is 0. The molecule has 0 aliphatic carbocycles. The number of aromatic nitrogens is 5.